The molecule has 1 aliphatic heterocycles. The highest BCUT2D eigenvalue weighted by Crippen LogP contribution is 2.14. The maximum absolute atomic E-state index is 12.3. The van der Waals surface area contributed by atoms with Crippen molar-refractivity contribution in [3.05, 3.63) is 41.0 Å². The van der Waals surface area contributed by atoms with Crippen molar-refractivity contribution in [2.45, 2.75) is 19.8 Å². The molecule has 8 nitrogen and oxygen atoms in total. The summed E-state index contributed by atoms with van der Waals surface area (Å²) < 4.78 is 6.61. The lowest BCUT2D eigenvalue weighted by atomic mass is 10.2. The first-order valence-electron chi connectivity index (χ1n) is 8.14. The quantitative estimate of drug-likeness (QED) is 0.652. The molecular formula is C17H20N4O4. The molecule has 0 aromatic carbocycles. The normalized spacial score (nSPS) is 13.9. The fourth-order valence-corrected chi connectivity index (χ4v) is 2.76. The molecule has 0 bridgehead atoms. The van der Waals surface area contributed by atoms with Gasteiger partial charge in [0.05, 0.1) is 6.20 Å². The van der Waals surface area contributed by atoms with Gasteiger partial charge in [-0.15, -0.1) is 0 Å². The minimum atomic E-state index is -0.595. The molecule has 2 aromatic rings. The highest BCUT2D eigenvalue weighted by atomic mass is 16.5. The summed E-state index contributed by atoms with van der Waals surface area (Å²) in [6.45, 7) is 2.84. The number of carbonyl (C=O) groups excluding carboxylic acids is 3. The van der Waals surface area contributed by atoms with Crippen molar-refractivity contribution in [3.63, 3.8) is 0 Å². The summed E-state index contributed by atoms with van der Waals surface area (Å²) in [6.07, 6.45) is 4.88. The molecular weight excluding hydrogens is 324 g/mol. The average Bonchev–Trinajstić information content (AvgIpc) is 3.34. The van der Waals surface area contributed by atoms with E-state index in [1.54, 1.807) is 23.6 Å². The molecule has 1 saturated heterocycles. The van der Waals surface area contributed by atoms with Crippen LogP contribution in [-0.4, -0.2) is 57.0 Å². The van der Waals surface area contributed by atoms with Crippen LogP contribution in [0.4, 0.5) is 0 Å². The number of Topliss-reactive ketones (excluding diaryl/α,β-unsaturated/α-hetero) is 1. The fraction of sp³-hybridized carbons (Fsp3) is 0.412. The molecule has 0 spiro atoms. The minimum absolute atomic E-state index is 0.112. The zero-order valence-electron chi connectivity index (χ0n) is 14.2. The molecule has 0 atom stereocenters. The summed E-state index contributed by atoms with van der Waals surface area (Å²) in [5.41, 5.74) is 1.68. The van der Waals surface area contributed by atoms with Gasteiger partial charge >= 0.3 is 5.97 Å². The van der Waals surface area contributed by atoms with E-state index >= 15 is 0 Å². The van der Waals surface area contributed by atoms with Crippen LogP contribution in [0.25, 0.3) is 0 Å². The van der Waals surface area contributed by atoms with Gasteiger partial charge in [0.2, 0.25) is 5.78 Å². The Balaban J connectivity index is 1.59. The van der Waals surface area contributed by atoms with Crippen LogP contribution < -0.4 is 0 Å². The molecule has 3 heterocycles. The summed E-state index contributed by atoms with van der Waals surface area (Å²) in [4.78, 5) is 41.0. The smallest absolute Gasteiger partial charge is 0.342 e. The lowest BCUT2D eigenvalue weighted by Crippen LogP contribution is -2.27. The Morgan fingerprint density at radius 1 is 1.28 bits per heavy atom. The highest BCUT2D eigenvalue weighted by molar-refractivity contribution is 6.02. The Hall–Kier alpha value is -2.90. The summed E-state index contributed by atoms with van der Waals surface area (Å²) in [6, 6.07) is 1.51. The zero-order chi connectivity index (χ0) is 18.0. The number of H-pyrrole nitrogens is 1. The Kier molecular flexibility index (Phi) is 4.69. The fourth-order valence-electron chi connectivity index (χ4n) is 2.76. The Labute approximate surface area is 144 Å². The van der Waals surface area contributed by atoms with Gasteiger partial charge in [-0.1, -0.05) is 0 Å². The standard InChI is InChI=1S/C17H20N4O4/c1-11-13(9-19-20(11)2)17(24)25-10-15(22)12-7-14(18-8-12)16(23)21-5-3-4-6-21/h7-9,18H,3-6,10H2,1-2H3. The highest BCUT2D eigenvalue weighted by Gasteiger charge is 2.22. The molecule has 3 rings (SSSR count). The second-order valence-corrected chi connectivity index (χ2v) is 6.07. The van der Waals surface area contributed by atoms with Gasteiger partial charge in [-0.2, -0.15) is 5.10 Å². The van der Waals surface area contributed by atoms with Crippen LogP contribution in [-0.2, 0) is 11.8 Å². The third-order valence-corrected chi connectivity index (χ3v) is 4.42. The molecule has 1 fully saturated rings. The zero-order valence-corrected chi connectivity index (χ0v) is 14.2. The predicted octanol–water partition coefficient (Wildman–Crippen LogP) is 1.33. The van der Waals surface area contributed by atoms with E-state index in [4.69, 9.17) is 4.74 Å². The van der Waals surface area contributed by atoms with Crippen molar-refractivity contribution < 1.29 is 19.1 Å². The lowest BCUT2D eigenvalue weighted by Gasteiger charge is -2.13. The third kappa shape index (κ3) is 3.47. The molecule has 0 saturated carbocycles. The number of hydrogen-bond acceptors (Lipinski definition) is 5. The number of nitrogens with one attached hydrogen (secondary N) is 1. The van der Waals surface area contributed by atoms with E-state index in [0.717, 1.165) is 25.9 Å². The number of aryl methyl sites for hydroxylation is 1. The monoisotopic (exact) mass is 344 g/mol. The molecule has 1 aliphatic rings. The van der Waals surface area contributed by atoms with Gasteiger partial charge in [-0.05, 0) is 25.8 Å². The van der Waals surface area contributed by atoms with Crippen LogP contribution in [0.2, 0.25) is 0 Å². The number of likely N-dealkylation sites (tertiary alicyclic amines) is 1. The molecule has 1 N–H and O–H groups in total. The van der Waals surface area contributed by atoms with Gasteiger partial charge in [-0.25, -0.2) is 4.79 Å². The van der Waals surface area contributed by atoms with Gasteiger partial charge in [0.25, 0.3) is 5.91 Å². The van der Waals surface area contributed by atoms with E-state index in [0.29, 0.717) is 22.5 Å². The lowest BCUT2D eigenvalue weighted by molar-refractivity contribution is 0.0473. The summed E-state index contributed by atoms with van der Waals surface area (Å²) in [7, 11) is 1.72. The predicted molar refractivity (Wildman–Crippen MR) is 88.5 cm³/mol. The number of aromatic amines is 1. The molecule has 1 amide bonds. The summed E-state index contributed by atoms with van der Waals surface area (Å²) in [5.74, 6) is -1.08. The van der Waals surface area contributed by atoms with Gasteiger partial charge in [0, 0.05) is 37.6 Å². The number of aromatic nitrogens is 3. The number of hydrogen-bond donors (Lipinski definition) is 1. The maximum atomic E-state index is 12.3. The average molecular weight is 344 g/mol. The first-order valence-corrected chi connectivity index (χ1v) is 8.14. The third-order valence-electron chi connectivity index (χ3n) is 4.42. The molecule has 0 radical (unpaired) electrons. The molecule has 8 heteroatoms. The van der Waals surface area contributed by atoms with Crippen molar-refractivity contribution in [1.29, 1.82) is 0 Å². The van der Waals surface area contributed by atoms with Crippen molar-refractivity contribution in [2.24, 2.45) is 7.05 Å². The Bertz CT molecular complexity index is 814. The number of carbonyl (C=O) groups is 3. The Morgan fingerprint density at radius 2 is 2.00 bits per heavy atom. The number of esters is 1. The van der Waals surface area contributed by atoms with E-state index < -0.39 is 5.97 Å². The van der Waals surface area contributed by atoms with Crippen LogP contribution in [0.15, 0.2) is 18.5 Å². The van der Waals surface area contributed by atoms with Crippen molar-refractivity contribution >= 4 is 17.7 Å². The number of ether oxygens (including phenoxy) is 1. The number of ketones is 1. The van der Waals surface area contributed by atoms with Crippen LogP contribution >= 0.6 is 0 Å². The number of rotatable bonds is 5. The van der Waals surface area contributed by atoms with Crippen molar-refractivity contribution in [3.8, 4) is 0 Å². The van der Waals surface area contributed by atoms with Crippen LogP contribution in [0.1, 0.15) is 49.7 Å². The van der Waals surface area contributed by atoms with E-state index in [2.05, 4.69) is 10.1 Å². The SMILES string of the molecule is Cc1c(C(=O)OCC(=O)c2c[nH]c(C(=O)N3CCCC3)c2)cnn1C. The topological polar surface area (TPSA) is 97.3 Å². The molecule has 25 heavy (non-hydrogen) atoms. The summed E-state index contributed by atoms with van der Waals surface area (Å²) >= 11 is 0. The van der Waals surface area contributed by atoms with E-state index in [1.807, 2.05) is 0 Å². The molecule has 0 aliphatic carbocycles. The van der Waals surface area contributed by atoms with E-state index in [1.165, 1.54) is 18.5 Å². The van der Waals surface area contributed by atoms with Gasteiger partial charge in [0.1, 0.15) is 11.3 Å². The largest absolute Gasteiger partial charge is 0.454 e. The van der Waals surface area contributed by atoms with Gasteiger partial charge in [-0.3, -0.25) is 14.3 Å². The van der Waals surface area contributed by atoms with E-state index in [9.17, 15) is 14.4 Å². The second kappa shape index (κ2) is 6.92. The first-order chi connectivity index (χ1) is 12.0. The second-order valence-electron chi connectivity index (χ2n) is 6.07. The number of nitrogens with zero attached hydrogens (tertiary/aromatic N) is 3. The van der Waals surface area contributed by atoms with Gasteiger partial charge in [0.15, 0.2) is 6.61 Å². The first kappa shape index (κ1) is 16.9. The van der Waals surface area contributed by atoms with Crippen molar-refractivity contribution in [2.75, 3.05) is 19.7 Å². The van der Waals surface area contributed by atoms with Crippen molar-refractivity contribution in [1.82, 2.24) is 19.7 Å². The van der Waals surface area contributed by atoms with Crippen LogP contribution in [0, 0.1) is 6.92 Å². The molecule has 132 valence electrons. The number of amides is 1. The Morgan fingerprint density at radius 3 is 2.64 bits per heavy atom. The molecule has 2 aromatic heterocycles. The molecule has 0 unspecified atom stereocenters. The summed E-state index contributed by atoms with van der Waals surface area (Å²) in [5, 5.41) is 3.97. The van der Waals surface area contributed by atoms with E-state index in [-0.39, 0.29) is 18.3 Å². The van der Waals surface area contributed by atoms with Gasteiger partial charge < -0.3 is 14.6 Å². The minimum Gasteiger partial charge on any atom is -0.454 e. The van der Waals surface area contributed by atoms with Crippen LogP contribution in [0.5, 0.6) is 0 Å². The van der Waals surface area contributed by atoms with Crippen LogP contribution in [0.3, 0.4) is 0 Å². The maximum Gasteiger partial charge on any atom is 0.342 e.